The summed E-state index contributed by atoms with van der Waals surface area (Å²) in [6.45, 7) is 8.31. The quantitative estimate of drug-likeness (QED) is 0.747. The fourth-order valence-corrected chi connectivity index (χ4v) is 4.34. The molecule has 3 aromatic rings. The van der Waals surface area contributed by atoms with Crippen LogP contribution in [0.5, 0.6) is 0 Å². The fraction of sp³-hybridized carbons (Fsp3) is 0.450. The van der Waals surface area contributed by atoms with Gasteiger partial charge in [-0.3, -0.25) is 4.79 Å². The SMILES string of the molecule is CC(C)n1ncc2c(C(=O)N3CCC(C)(CN)C3)cc(-c3cccs3)nc21. The molecule has 1 atom stereocenters. The summed E-state index contributed by atoms with van der Waals surface area (Å²) in [7, 11) is 0. The Bertz CT molecular complexity index is 978. The zero-order valence-corrected chi connectivity index (χ0v) is 16.8. The van der Waals surface area contributed by atoms with Crippen LogP contribution in [-0.2, 0) is 0 Å². The minimum absolute atomic E-state index is 0.000498. The predicted octanol–water partition coefficient (Wildman–Crippen LogP) is 3.55. The molecule has 1 amide bonds. The zero-order valence-electron chi connectivity index (χ0n) is 16.0. The Hall–Kier alpha value is -2.25. The number of carbonyl (C=O) groups excluding carboxylic acids is 1. The highest BCUT2D eigenvalue weighted by Gasteiger charge is 2.36. The van der Waals surface area contributed by atoms with Gasteiger partial charge in [-0.15, -0.1) is 11.3 Å². The van der Waals surface area contributed by atoms with Gasteiger partial charge in [-0.25, -0.2) is 9.67 Å². The first kappa shape index (κ1) is 18.1. The Kier molecular flexibility index (Phi) is 4.52. The molecule has 0 bridgehead atoms. The van der Waals surface area contributed by atoms with Gasteiger partial charge < -0.3 is 10.6 Å². The topological polar surface area (TPSA) is 77.0 Å². The molecule has 0 aromatic carbocycles. The number of hydrogen-bond acceptors (Lipinski definition) is 5. The molecule has 27 heavy (non-hydrogen) atoms. The van der Waals surface area contributed by atoms with Crippen molar-refractivity contribution in [2.45, 2.75) is 33.2 Å². The van der Waals surface area contributed by atoms with E-state index in [-0.39, 0.29) is 17.4 Å². The lowest BCUT2D eigenvalue weighted by Crippen LogP contribution is -2.34. The van der Waals surface area contributed by atoms with Crippen molar-refractivity contribution in [3.05, 3.63) is 35.3 Å². The van der Waals surface area contributed by atoms with Gasteiger partial charge >= 0.3 is 0 Å². The van der Waals surface area contributed by atoms with Crippen LogP contribution in [-0.4, -0.2) is 45.2 Å². The van der Waals surface area contributed by atoms with Gasteiger partial charge in [-0.1, -0.05) is 13.0 Å². The molecule has 6 nitrogen and oxygen atoms in total. The summed E-state index contributed by atoms with van der Waals surface area (Å²) in [5.41, 5.74) is 8.19. The van der Waals surface area contributed by atoms with Crippen molar-refractivity contribution in [2.75, 3.05) is 19.6 Å². The second-order valence-corrected chi connectivity index (χ2v) is 8.89. The second-order valence-electron chi connectivity index (χ2n) is 7.94. The molecule has 0 aliphatic carbocycles. The highest BCUT2D eigenvalue weighted by atomic mass is 32.1. The molecule has 3 aromatic heterocycles. The number of aromatic nitrogens is 3. The van der Waals surface area contributed by atoms with Crippen LogP contribution in [0.1, 0.15) is 43.6 Å². The lowest BCUT2D eigenvalue weighted by Gasteiger charge is -2.23. The van der Waals surface area contributed by atoms with E-state index >= 15 is 0 Å². The molecule has 4 heterocycles. The third-order valence-corrected chi connectivity index (χ3v) is 6.29. The van der Waals surface area contributed by atoms with Gasteiger partial charge in [0.05, 0.1) is 27.7 Å². The van der Waals surface area contributed by atoms with Crippen molar-refractivity contribution >= 4 is 28.3 Å². The predicted molar refractivity (Wildman–Crippen MR) is 109 cm³/mol. The lowest BCUT2D eigenvalue weighted by molar-refractivity contribution is 0.0779. The standard InChI is InChI=1S/C20H25N5OS/c1-13(2)25-18-15(10-22-25)14(9-16(23-18)17-5-4-8-27-17)19(26)24-7-6-20(3,11-21)12-24/h4-5,8-10,13H,6-7,11-12,21H2,1-3H3. The monoisotopic (exact) mass is 383 g/mol. The van der Waals surface area contributed by atoms with Gasteiger partial charge in [-0.05, 0) is 49.7 Å². The first-order valence-corrected chi connectivity index (χ1v) is 10.2. The Labute approximate surface area is 163 Å². The summed E-state index contributed by atoms with van der Waals surface area (Å²) >= 11 is 1.62. The molecule has 4 rings (SSSR count). The van der Waals surface area contributed by atoms with E-state index in [2.05, 4.69) is 25.9 Å². The second kappa shape index (κ2) is 6.73. The van der Waals surface area contributed by atoms with Crippen molar-refractivity contribution in [3.8, 4) is 10.6 Å². The number of thiophene rings is 1. The number of pyridine rings is 1. The largest absolute Gasteiger partial charge is 0.338 e. The van der Waals surface area contributed by atoms with Crippen LogP contribution in [0.4, 0.5) is 0 Å². The van der Waals surface area contributed by atoms with Crippen LogP contribution in [0.3, 0.4) is 0 Å². The molecule has 2 N–H and O–H groups in total. The van der Waals surface area contributed by atoms with E-state index in [1.807, 2.05) is 33.2 Å². The minimum atomic E-state index is 0.000498. The van der Waals surface area contributed by atoms with Crippen LogP contribution < -0.4 is 5.73 Å². The highest BCUT2D eigenvalue weighted by molar-refractivity contribution is 7.13. The van der Waals surface area contributed by atoms with Crippen molar-refractivity contribution in [2.24, 2.45) is 11.1 Å². The third kappa shape index (κ3) is 3.15. The smallest absolute Gasteiger partial charge is 0.254 e. The van der Waals surface area contributed by atoms with E-state index in [9.17, 15) is 4.79 Å². The molecular weight excluding hydrogens is 358 g/mol. The molecule has 1 fully saturated rings. The molecule has 142 valence electrons. The third-order valence-electron chi connectivity index (χ3n) is 5.40. The summed E-state index contributed by atoms with van der Waals surface area (Å²) in [6, 6.07) is 6.12. The summed E-state index contributed by atoms with van der Waals surface area (Å²) in [5, 5.41) is 7.34. The molecule has 1 unspecified atom stereocenters. The maximum Gasteiger partial charge on any atom is 0.254 e. The van der Waals surface area contributed by atoms with E-state index in [0.29, 0.717) is 18.7 Å². The van der Waals surface area contributed by atoms with Crippen molar-refractivity contribution in [1.82, 2.24) is 19.7 Å². The Morgan fingerprint density at radius 2 is 2.26 bits per heavy atom. The summed E-state index contributed by atoms with van der Waals surface area (Å²) in [4.78, 5) is 21.2. The molecule has 0 radical (unpaired) electrons. The number of fused-ring (bicyclic) bond motifs is 1. The van der Waals surface area contributed by atoms with E-state index < -0.39 is 0 Å². The van der Waals surface area contributed by atoms with Crippen molar-refractivity contribution in [3.63, 3.8) is 0 Å². The molecule has 1 aliphatic rings. The molecule has 1 saturated heterocycles. The van der Waals surface area contributed by atoms with E-state index in [0.717, 1.165) is 34.6 Å². The van der Waals surface area contributed by atoms with Gasteiger partial charge in [0.2, 0.25) is 0 Å². The first-order chi connectivity index (χ1) is 12.9. The molecule has 0 saturated carbocycles. The molecule has 1 aliphatic heterocycles. The number of nitrogens with two attached hydrogens (primary N) is 1. The van der Waals surface area contributed by atoms with Gasteiger partial charge in [0, 0.05) is 19.1 Å². The fourth-order valence-electron chi connectivity index (χ4n) is 3.66. The van der Waals surface area contributed by atoms with Crippen LogP contribution in [0.15, 0.2) is 29.8 Å². The number of nitrogens with zero attached hydrogens (tertiary/aromatic N) is 4. The maximum absolute atomic E-state index is 13.4. The van der Waals surface area contributed by atoms with E-state index in [4.69, 9.17) is 10.7 Å². The maximum atomic E-state index is 13.4. The number of likely N-dealkylation sites (tertiary alicyclic amines) is 1. The highest BCUT2D eigenvalue weighted by Crippen LogP contribution is 2.33. The van der Waals surface area contributed by atoms with Crippen molar-refractivity contribution in [1.29, 1.82) is 0 Å². The van der Waals surface area contributed by atoms with Crippen LogP contribution >= 0.6 is 11.3 Å². The molecule has 7 heteroatoms. The lowest BCUT2D eigenvalue weighted by atomic mass is 9.90. The zero-order chi connectivity index (χ0) is 19.2. The Balaban J connectivity index is 1.83. The molecule has 0 spiro atoms. The van der Waals surface area contributed by atoms with Gasteiger partial charge in [-0.2, -0.15) is 5.10 Å². The number of rotatable bonds is 4. The summed E-state index contributed by atoms with van der Waals surface area (Å²) in [5.74, 6) is 0.0423. The average Bonchev–Trinajstić information content (AvgIpc) is 3.39. The minimum Gasteiger partial charge on any atom is -0.338 e. The average molecular weight is 384 g/mol. The number of hydrogen-bond donors (Lipinski definition) is 1. The number of amides is 1. The molecular formula is C20H25N5OS. The van der Waals surface area contributed by atoms with E-state index in [1.54, 1.807) is 17.5 Å². The normalized spacial score (nSPS) is 20.1. The number of carbonyl (C=O) groups is 1. The van der Waals surface area contributed by atoms with Crippen LogP contribution in [0.25, 0.3) is 21.6 Å². The Morgan fingerprint density at radius 3 is 2.89 bits per heavy atom. The Morgan fingerprint density at radius 1 is 1.44 bits per heavy atom. The summed E-state index contributed by atoms with van der Waals surface area (Å²) < 4.78 is 1.89. The van der Waals surface area contributed by atoms with Crippen LogP contribution in [0, 0.1) is 5.41 Å². The van der Waals surface area contributed by atoms with Gasteiger partial charge in [0.1, 0.15) is 0 Å². The van der Waals surface area contributed by atoms with Gasteiger partial charge in [0.25, 0.3) is 5.91 Å². The van der Waals surface area contributed by atoms with Crippen LogP contribution in [0.2, 0.25) is 0 Å². The first-order valence-electron chi connectivity index (χ1n) is 9.33. The van der Waals surface area contributed by atoms with E-state index in [1.165, 1.54) is 0 Å². The van der Waals surface area contributed by atoms with Gasteiger partial charge in [0.15, 0.2) is 5.65 Å². The van der Waals surface area contributed by atoms with Crippen molar-refractivity contribution < 1.29 is 4.79 Å². The summed E-state index contributed by atoms with van der Waals surface area (Å²) in [6.07, 6.45) is 2.71.